The Bertz CT molecular complexity index is 738. The summed E-state index contributed by atoms with van der Waals surface area (Å²) in [5.74, 6) is 0.669. The third kappa shape index (κ3) is 3.48. The first-order valence-electron chi connectivity index (χ1n) is 8.16. The molecule has 1 N–H and O–H groups in total. The summed E-state index contributed by atoms with van der Waals surface area (Å²) in [6.07, 6.45) is 4.25. The Hall–Kier alpha value is -2.22. The number of anilines is 2. The van der Waals surface area contributed by atoms with Crippen LogP contribution in [0.25, 0.3) is 0 Å². The minimum absolute atomic E-state index is 0.109. The van der Waals surface area contributed by atoms with E-state index in [4.69, 9.17) is 0 Å². The minimum Gasteiger partial charge on any atom is -0.311 e. The molecule has 0 aromatic carbocycles. The predicted molar refractivity (Wildman–Crippen MR) is 93.3 cm³/mol. The molecule has 0 aliphatic carbocycles. The Morgan fingerprint density at radius 3 is 3.04 bits per heavy atom. The van der Waals surface area contributed by atoms with Crippen LogP contribution < -0.4 is 10.2 Å². The van der Waals surface area contributed by atoms with Gasteiger partial charge in [0.15, 0.2) is 5.13 Å². The lowest BCUT2D eigenvalue weighted by Crippen LogP contribution is -2.23. The average Bonchev–Trinajstić information content (AvgIpc) is 3.27. The lowest BCUT2D eigenvalue weighted by Gasteiger charge is -2.14. The molecule has 0 bridgehead atoms. The van der Waals surface area contributed by atoms with Gasteiger partial charge in [-0.15, -0.1) is 11.3 Å². The zero-order valence-electron chi connectivity index (χ0n) is 13.9. The Labute approximate surface area is 144 Å². The van der Waals surface area contributed by atoms with E-state index < -0.39 is 0 Å². The van der Waals surface area contributed by atoms with Crippen LogP contribution in [0.3, 0.4) is 0 Å². The Balaban J connectivity index is 1.62. The van der Waals surface area contributed by atoms with E-state index in [0.29, 0.717) is 29.6 Å². The molecule has 3 rings (SSSR count). The van der Waals surface area contributed by atoms with Crippen LogP contribution in [0.15, 0.2) is 17.6 Å². The minimum atomic E-state index is -0.135. The van der Waals surface area contributed by atoms with Crippen LogP contribution in [0.1, 0.15) is 44.8 Å². The molecule has 8 heteroatoms. The maximum absolute atomic E-state index is 12.3. The van der Waals surface area contributed by atoms with Crippen molar-refractivity contribution >= 4 is 34.1 Å². The van der Waals surface area contributed by atoms with E-state index in [0.717, 1.165) is 12.8 Å². The van der Waals surface area contributed by atoms with Crippen LogP contribution in [0.4, 0.5) is 10.9 Å². The van der Waals surface area contributed by atoms with Crippen LogP contribution in [0.2, 0.25) is 0 Å². The molecule has 3 heterocycles. The molecule has 1 saturated heterocycles. The summed E-state index contributed by atoms with van der Waals surface area (Å²) in [6, 6.07) is 2.02. The van der Waals surface area contributed by atoms with Gasteiger partial charge >= 0.3 is 0 Å². The normalized spacial score (nSPS) is 15.8. The highest BCUT2D eigenvalue weighted by molar-refractivity contribution is 7.14. The van der Waals surface area contributed by atoms with Crippen molar-refractivity contribution in [1.82, 2.24) is 14.8 Å². The number of hydrogen-bond donors (Lipinski definition) is 1. The van der Waals surface area contributed by atoms with Crippen molar-refractivity contribution in [3.8, 4) is 0 Å². The summed E-state index contributed by atoms with van der Waals surface area (Å²) in [5.41, 5.74) is 0.682. The summed E-state index contributed by atoms with van der Waals surface area (Å²) in [4.78, 5) is 30.1. The monoisotopic (exact) mass is 347 g/mol. The summed E-state index contributed by atoms with van der Waals surface area (Å²) >= 11 is 1.41. The molecule has 24 heavy (non-hydrogen) atoms. The number of carbonyl (C=O) groups excluding carboxylic acids is 2. The van der Waals surface area contributed by atoms with Gasteiger partial charge in [0, 0.05) is 24.4 Å². The summed E-state index contributed by atoms with van der Waals surface area (Å²) in [6.45, 7) is 4.85. The number of thiazole rings is 1. The summed E-state index contributed by atoms with van der Waals surface area (Å²) in [5, 5.41) is 9.67. The molecular weight excluding hydrogens is 326 g/mol. The van der Waals surface area contributed by atoms with E-state index in [1.54, 1.807) is 17.2 Å². The van der Waals surface area contributed by atoms with E-state index >= 15 is 0 Å². The van der Waals surface area contributed by atoms with Crippen LogP contribution in [0, 0.1) is 0 Å². The molecule has 1 atom stereocenters. The molecule has 1 aliphatic rings. The molecule has 1 unspecified atom stereocenters. The molecule has 128 valence electrons. The first kappa shape index (κ1) is 16.6. The van der Waals surface area contributed by atoms with Crippen LogP contribution >= 0.6 is 11.3 Å². The molecule has 2 amide bonds. The van der Waals surface area contributed by atoms with Gasteiger partial charge in [-0.25, -0.2) is 9.67 Å². The van der Waals surface area contributed by atoms with E-state index in [1.165, 1.54) is 11.3 Å². The molecule has 0 spiro atoms. The van der Waals surface area contributed by atoms with Gasteiger partial charge in [0.1, 0.15) is 5.82 Å². The number of aromatic nitrogens is 3. The highest BCUT2D eigenvalue weighted by Gasteiger charge is 2.24. The highest BCUT2D eigenvalue weighted by atomic mass is 32.1. The van der Waals surface area contributed by atoms with E-state index in [-0.39, 0.29) is 24.3 Å². The van der Waals surface area contributed by atoms with Gasteiger partial charge in [-0.05, 0) is 19.8 Å². The van der Waals surface area contributed by atoms with Gasteiger partial charge in [-0.3, -0.25) is 14.5 Å². The number of nitrogens with zero attached hydrogens (tertiary/aromatic N) is 4. The zero-order chi connectivity index (χ0) is 17.1. The smallest absolute Gasteiger partial charge is 0.231 e. The van der Waals surface area contributed by atoms with Crippen molar-refractivity contribution in [2.24, 2.45) is 0 Å². The molecule has 2 aromatic heterocycles. The van der Waals surface area contributed by atoms with Gasteiger partial charge in [-0.2, -0.15) is 5.10 Å². The molecule has 1 aliphatic heterocycles. The van der Waals surface area contributed by atoms with Crippen molar-refractivity contribution < 1.29 is 9.59 Å². The van der Waals surface area contributed by atoms with Crippen LogP contribution in [-0.2, 0) is 16.0 Å². The third-order valence-corrected chi connectivity index (χ3v) is 5.04. The van der Waals surface area contributed by atoms with Crippen molar-refractivity contribution in [3.63, 3.8) is 0 Å². The fraction of sp³-hybridized carbons (Fsp3) is 0.500. The van der Waals surface area contributed by atoms with Crippen LogP contribution in [-0.4, -0.2) is 33.1 Å². The third-order valence-electron chi connectivity index (χ3n) is 4.13. The van der Waals surface area contributed by atoms with Gasteiger partial charge in [0.2, 0.25) is 11.8 Å². The maximum Gasteiger partial charge on any atom is 0.231 e. The lowest BCUT2D eigenvalue weighted by atomic mass is 10.3. The number of amides is 2. The second-order valence-electron chi connectivity index (χ2n) is 5.91. The lowest BCUT2D eigenvalue weighted by molar-refractivity contribution is -0.117. The number of rotatable bonds is 6. The summed E-state index contributed by atoms with van der Waals surface area (Å²) < 4.78 is 1.81. The van der Waals surface area contributed by atoms with E-state index in [1.807, 2.05) is 10.1 Å². The first-order valence-corrected chi connectivity index (χ1v) is 9.04. The van der Waals surface area contributed by atoms with Crippen molar-refractivity contribution in [2.75, 3.05) is 16.8 Å². The first-order chi connectivity index (χ1) is 11.6. The SMILES string of the molecule is CCC(C)n1nccc1NC(=O)Cc1csc(N2CCCC2=O)n1. The second kappa shape index (κ2) is 7.12. The highest BCUT2D eigenvalue weighted by Crippen LogP contribution is 2.25. The second-order valence-corrected chi connectivity index (χ2v) is 6.75. The fourth-order valence-electron chi connectivity index (χ4n) is 2.64. The average molecular weight is 347 g/mol. The quantitative estimate of drug-likeness (QED) is 0.871. The molecule has 2 aromatic rings. The Morgan fingerprint density at radius 2 is 2.33 bits per heavy atom. The fourth-order valence-corrected chi connectivity index (χ4v) is 3.51. The van der Waals surface area contributed by atoms with Gasteiger partial charge < -0.3 is 5.32 Å². The van der Waals surface area contributed by atoms with Crippen molar-refractivity contribution in [1.29, 1.82) is 0 Å². The largest absolute Gasteiger partial charge is 0.311 e. The molecule has 1 fully saturated rings. The standard InChI is InChI=1S/C16H21N5O2S/c1-3-11(2)21-13(6-7-17-21)19-14(22)9-12-10-24-16(18-12)20-8-4-5-15(20)23/h6-7,10-11H,3-5,8-9H2,1-2H3,(H,19,22). The zero-order valence-corrected chi connectivity index (χ0v) is 14.7. The van der Waals surface area contributed by atoms with Gasteiger partial charge in [0.05, 0.1) is 24.4 Å². The van der Waals surface area contributed by atoms with E-state index in [2.05, 4.69) is 29.2 Å². The van der Waals surface area contributed by atoms with Gasteiger partial charge in [-0.1, -0.05) is 6.92 Å². The summed E-state index contributed by atoms with van der Waals surface area (Å²) in [7, 11) is 0. The molecular formula is C16H21N5O2S. The number of hydrogen-bond acceptors (Lipinski definition) is 5. The topological polar surface area (TPSA) is 80.1 Å². The number of carbonyl (C=O) groups is 2. The van der Waals surface area contributed by atoms with Gasteiger partial charge in [0.25, 0.3) is 0 Å². The maximum atomic E-state index is 12.3. The van der Waals surface area contributed by atoms with Crippen molar-refractivity contribution in [2.45, 2.75) is 45.6 Å². The Kier molecular flexibility index (Phi) is 4.94. The van der Waals surface area contributed by atoms with Crippen molar-refractivity contribution in [3.05, 3.63) is 23.3 Å². The van der Waals surface area contributed by atoms with E-state index in [9.17, 15) is 9.59 Å². The molecule has 7 nitrogen and oxygen atoms in total. The van der Waals surface area contributed by atoms with Crippen LogP contribution in [0.5, 0.6) is 0 Å². The molecule has 0 saturated carbocycles. The predicted octanol–water partition coefficient (Wildman–Crippen LogP) is 2.62. The Morgan fingerprint density at radius 1 is 1.50 bits per heavy atom. The number of nitrogens with one attached hydrogen (secondary N) is 1. The molecule has 0 radical (unpaired) electrons.